The van der Waals surface area contributed by atoms with Gasteiger partial charge in [0.2, 0.25) is 0 Å². The van der Waals surface area contributed by atoms with Gasteiger partial charge >= 0.3 is 0 Å². The van der Waals surface area contributed by atoms with Crippen molar-refractivity contribution in [2.75, 3.05) is 13.7 Å². The maximum Gasteiger partial charge on any atom is 0.149 e. The molecule has 2 rings (SSSR count). The van der Waals surface area contributed by atoms with E-state index in [0.29, 0.717) is 11.3 Å². The number of aryl methyl sites for hydroxylation is 2. The predicted octanol–water partition coefficient (Wildman–Crippen LogP) is 4.14. The number of likely N-dealkylation sites (N-methyl/N-ethyl adjacent to an activating group) is 1. The summed E-state index contributed by atoms with van der Waals surface area (Å²) < 4.78 is 28.0. The van der Waals surface area contributed by atoms with Crippen molar-refractivity contribution in [2.45, 2.75) is 25.8 Å². The molecule has 5 heteroatoms. The summed E-state index contributed by atoms with van der Waals surface area (Å²) >= 11 is 0. The van der Waals surface area contributed by atoms with E-state index >= 15 is 0 Å². The van der Waals surface area contributed by atoms with Crippen molar-refractivity contribution in [1.29, 1.82) is 0 Å². The Kier molecular flexibility index (Phi) is 5.93. The monoisotopic (exact) mass is 357 g/mol. The molecule has 0 bridgehead atoms. The Morgan fingerprint density at radius 2 is 1.77 bits per heavy atom. The number of hydrogen-bond acceptors (Lipinski definition) is 3. The lowest BCUT2D eigenvalue weighted by molar-refractivity contribution is 0.365. The highest BCUT2D eigenvalue weighted by molar-refractivity contribution is 5.52. The number of aliphatic imine (C=N–C) groups is 1. The van der Waals surface area contributed by atoms with Gasteiger partial charge in [0, 0.05) is 18.8 Å². The number of halogens is 2. The zero-order valence-corrected chi connectivity index (χ0v) is 15.5. The van der Waals surface area contributed by atoms with Crippen LogP contribution in [-0.2, 0) is 12.0 Å². The molecule has 0 amide bonds. The molecule has 3 nitrogen and oxygen atoms in total. The van der Waals surface area contributed by atoms with Crippen molar-refractivity contribution < 1.29 is 8.78 Å². The lowest BCUT2D eigenvalue weighted by Crippen LogP contribution is -2.38. The van der Waals surface area contributed by atoms with Gasteiger partial charge in [-0.25, -0.2) is 8.78 Å². The Morgan fingerprint density at radius 3 is 2.23 bits per heavy atom. The SMILES string of the molecule is C=NC(C(=C)N(C)CN)(c1cc(F)cc(F)c1)c1ccc(CC)c(C)c1. The molecule has 0 spiro atoms. The lowest BCUT2D eigenvalue weighted by atomic mass is 9.79. The minimum atomic E-state index is -1.24. The van der Waals surface area contributed by atoms with Crippen LogP contribution in [0.1, 0.15) is 29.2 Å². The molecule has 1 unspecified atom stereocenters. The minimum Gasteiger partial charge on any atom is -0.363 e. The Morgan fingerprint density at radius 1 is 1.15 bits per heavy atom. The largest absolute Gasteiger partial charge is 0.363 e. The first-order valence-electron chi connectivity index (χ1n) is 8.45. The highest BCUT2D eigenvalue weighted by Crippen LogP contribution is 2.41. The molecule has 0 heterocycles. The third-order valence-electron chi connectivity index (χ3n) is 4.81. The Bertz CT molecular complexity index is 812. The quantitative estimate of drug-likeness (QED) is 0.598. The van der Waals surface area contributed by atoms with Gasteiger partial charge in [-0.2, -0.15) is 0 Å². The molecule has 2 aromatic carbocycles. The van der Waals surface area contributed by atoms with Crippen LogP contribution in [0.25, 0.3) is 0 Å². The second kappa shape index (κ2) is 7.79. The average Bonchev–Trinajstić information content (AvgIpc) is 2.61. The van der Waals surface area contributed by atoms with E-state index in [1.165, 1.54) is 17.7 Å². The first-order valence-corrected chi connectivity index (χ1v) is 8.45. The third kappa shape index (κ3) is 3.40. The Labute approximate surface area is 153 Å². The number of benzene rings is 2. The van der Waals surface area contributed by atoms with Gasteiger partial charge in [-0.15, -0.1) is 0 Å². The first-order chi connectivity index (χ1) is 12.3. The fraction of sp³-hybridized carbons (Fsp3) is 0.286. The topological polar surface area (TPSA) is 41.6 Å². The molecular weight excluding hydrogens is 332 g/mol. The van der Waals surface area contributed by atoms with Crippen molar-refractivity contribution in [1.82, 2.24) is 4.90 Å². The molecule has 2 N–H and O–H groups in total. The molecule has 138 valence electrons. The average molecular weight is 357 g/mol. The minimum absolute atomic E-state index is 0.180. The summed E-state index contributed by atoms with van der Waals surface area (Å²) in [5.74, 6) is -1.36. The van der Waals surface area contributed by atoms with Crippen LogP contribution in [0.4, 0.5) is 8.78 Å². The molecule has 0 aliphatic heterocycles. The van der Waals surface area contributed by atoms with Crippen molar-refractivity contribution in [3.05, 3.63) is 82.6 Å². The highest BCUT2D eigenvalue weighted by Gasteiger charge is 2.39. The smallest absolute Gasteiger partial charge is 0.149 e. The standard InChI is InChI=1S/C21H25F2N3/c1-6-16-7-8-17(9-14(16)2)21(25-4,15(3)26(5)13-24)18-10-19(22)12-20(23)11-18/h7-12H,3-4,6,13,24H2,1-2,5H3. The summed E-state index contributed by atoms with van der Waals surface area (Å²) in [4.78, 5) is 6.02. The van der Waals surface area contributed by atoms with Crippen LogP contribution in [0.15, 0.2) is 53.7 Å². The van der Waals surface area contributed by atoms with Gasteiger partial charge in [0.25, 0.3) is 0 Å². The maximum absolute atomic E-state index is 14.0. The van der Waals surface area contributed by atoms with E-state index in [1.807, 2.05) is 25.1 Å². The summed E-state index contributed by atoms with van der Waals surface area (Å²) in [6, 6.07) is 9.21. The van der Waals surface area contributed by atoms with E-state index in [2.05, 4.69) is 25.2 Å². The van der Waals surface area contributed by atoms with Gasteiger partial charge < -0.3 is 10.6 Å². The normalized spacial score (nSPS) is 13.2. The van der Waals surface area contributed by atoms with E-state index in [-0.39, 0.29) is 6.67 Å². The molecular formula is C21H25F2N3. The van der Waals surface area contributed by atoms with E-state index in [9.17, 15) is 8.78 Å². The van der Waals surface area contributed by atoms with Crippen LogP contribution in [-0.4, -0.2) is 25.3 Å². The summed E-state index contributed by atoms with van der Waals surface area (Å²) in [7, 11) is 1.76. The Balaban J connectivity index is 2.82. The number of rotatable bonds is 7. The van der Waals surface area contributed by atoms with Crippen molar-refractivity contribution in [2.24, 2.45) is 10.7 Å². The van der Waals surface area contributed by atoms with E-state index in [4.69, 9.17) is 5.73 Å². The molecule has 0 saturated carbocycles. The summed E-state index contributed by atoms with van der Waals surface area (Å²) in [5.41, 5.74) is 8.33. The molecule has 0 saturated heterocycles. The summed E-state index contributed by atoms with van der Waals surface area (Å²) in [5, 5.41) is 0. The van der Waals surface area contributed by atoms with Crippen molar-refractivity contribution >= 4 is 6.72 Å². The molecule has 0 aromatic heterocycles. The summed E-state index contributed by atoms with van der Waals surface area (Å²) in [6.07, 6.45) is 0.888. The van der Waals surface area contributed by atoms with Gasteiger partial charge in [0.1, 0.15) is 17.2 Å². The predicted molar refractivity (Wildman–Crippen MR) is 103 cm³/mol. The number of nitrogens with two attached hydrogens (primary N) is 1. The second-order valence-electron chi connectivity index (χ2n) is 6.35. The van der Waals surface area contributed by atoms with Gasteiger partial charge in [-0.3, -0.25) is 4.99 Å². The van der Waals surface area contributed by atoms with Crippen molar-refractivity contribution in [3.63, 3.8) is 0 Å². The molecule has 2 aromatic rings. The van der Waals surface area contributed by atoms with Gasteiger partial charge in [-0.1, -0.05) is 31.7 Å². The molecule has 0 aliphatic carbocycles. The van der Waals surface area contributed by atoms with Gasteiger partial charge in [0.15, 0.2) is 0 Å². The maximum atomic E-state index is 14.0. The summed E-state index contributed by atoms with van der Waals surface area (Å²) in [6.45, 7) is 12.1. The van der Waals surface area contributed by atoms with Crippen molar-refractivity contribution in [3.8, 4) is 0 Å². The fourth-order valence-corrected chi connectivity index (χ4v) is 3.24. The van der Waals surface area contributed by atoms with Crippen LogP contribution in [0.5, 0.6) is 0 Å². The third-order valence-corrected chi connectivity index (χ3v) is 4.81. The zero-order chi connectivity index (χ0) is 19.5. The van der Waals surface area contributed by atoms with E-state index in [1.54, 1.807) is 11.9 Å². The Hall–Kier alpha value is -2.53. The molecule has 0 fully saturated rings. The highest BCUT2D eigenvalue weighted by atomic mass is 19.1. The van der Waals surface area contributed by atoms with E-state index in [0.717, 1.165) is 23.6 Å². The second-order valence-corrected chi connectivity index (χ2v) is 6.35. The fourth-order valence-electron chi connectivity index (χ4n) is 3.24. The number of hydrogen-bond donors (Lipinski definition) is 1. The van der Waals surface area contributed by atoms with Gasteiger partial charge in [-0.05, 0) is 54.4 Å². The molecule has 0 radical (unpaired) electrons. The van der Waals surface area contributed by atoms with Crippen LogP contribution in [0, 0.1) is 18.6 Å². The molecule has 1 atom stereocenters. The number of nitrogens with zero attached hydrogens (tertiary/aromatic N) is 2. The molecule has 26 heavy (non-hydrogen) atoms. The zero-order valence-electron chi connectivity index (χ0n) is 15.5. The van der Waals surface area contributed by atoms with E-state index < -0.39 is 17.2 Å². The van der Waals surface area contributed by atoms with Crippen LogP contribution in [0.2, 0.25) is 0 Å². The molecule has 0 aliphatic rings. The lowest BCUT2D eigenvalue weighted by Gasteiger charge is -2.37. The van der Waals surface area contributed by atoms with Crippen LogP contribution < -0.4 is 5.73 Å². The van der Waals surface area contributed by atoms with Gasteiger partial charge in [0.05, 0.1) is 6.67 Å². The van der Waals surface area contributed by atoms with Crippen LogP contribution in [0.3, 0.4) is 0 Å². The van der Waals surface area contributed by atoms with Crippen LogP contribution >= 0.6 is 0 Å². The first kappa shape index (κ1) is 19.8.